The SMILES string of the molecule is CC(C)CCC[C@H](C)C[C@@H]1C(C#N)=C(N)SC(=N)[C@@H]1C#N. The van der Waals surface area contributed by atoms with E-state index in [0.29, 0.717) is 22.4 Å². The monoisotopic (exact) mass is 304 g/mol. The molecule has 21 heavy (non-hydrogen) atoms. The summed E-state index contributed by atoms with van der Waals surface area (Å²) >= 11 is 1.05. The Morgan fingerprint density at radius 2 is 1.95 bits per heavy atom. The molecular weight excluding hydrogens is 280 g/mol. The molecule has 0 saturated heterocycles. The van der Waals surface area contributed by atoms with E-state index in [-0.39, 0.29) is 11.0 Å². The molecule has 0 aromatic carbocycles. The lowest BCUT2D eigenvalue weighted by Crippen LogP contribution is -2.29. The van der Waals surface area contributed by atoms with E-state index in [9.17, 15) is 10.5 Å². The van der Waals surface area contributed by atoms with E-state index < -0.39 is 5.92 Å². The van der Waals surface area contributed by atoms with Gasteiger partial charge in [-0.1, -0.05) is 51.8 Å². The molecule has 1 aliphatic rings. The van der Waals surface area contributed by atoms with Gasteiger partial charge < -0.3 is 5.73 Å². The van der Waals surface area contributed by atoms with Crippen molar-refractivity contribution in [3.8, 4) is 12.1 Å². The zero-order valence-corrected chi connectivity index (χ0v) is 13.8. The lowest BCUT2D eigenvalue weighted by Gasteiger charge is -2.29. The fourth-order valence-electron chi connectivity index (χ4n) is 2.74. The van der Waals surface area contributed by atoms with Crippen molar-refractivity contribution in [3.05, 3.63) is 10.6 Å². The molecule has 0 fully saturated rings. The lowest BCUT2D eigenvalue weighted by molar-refractivity contribution is 0.372. The summed E-state index contributed by atoms with van der Waals surface area (Å²) in [6.07, 6.45) is 4.20. The van der Waals surface area contributed by atoms with Gasteiger partial charge in [-0.2, -0.15) is 10.5 Å². The molecule has 0 aliphatic carbocycles. The second-order valence-corrected chi connectivity index (χ2v) is 7.32. The van der Waals surface area contributed by atoms with E-state index in [1.807, 2.05) is 0 Å². The van der Waals surface area contributed by atoms with Crippen molar-refractivity contribution in [2.45, 2.75) is 46.5 Å². The molecule has 0 saturated carbocycles. The van der Waals surface area contributed by atoms with E-state index in [0.717, 1.165) is 31.0 Å². The van der Waals surface area contributed by atoms with Crippen molar-refractivity contribution in [1.82, 2.24) is 0 Å². The van der Waals surface area contributed by atoms with Gasteiger partial charge >= 0.3 is 0 Å². The molecule has 1 aliphatic heterocycles. The van der Waals surface area contributed by atoms with Crippen LogP contribution in [0.5, 0.6) is 0 Å². The second-order valence-electron chi connectivity index (χ2n) is 6.23. The fraction of sp³-hybridized carbons (Fsp3) is 0.688. The summed E-state index contributed by atoms with van der Waals surface area (Å²) in [5.41, 5.74) is 6.37. The number of allylic oxidation sites excluding steroid dienone is 1. The molecule has 3 N–H and O–H groups in total. The molecule has 0 aromatic heterocycles. The van der Waals surface area contributed by atoms with Gasteiger partial charge in [0.1, 0.15) is 5.92 Å². The Morgan fingerprint density at radius 1 is 1.29 bits per heavy atom. The number of rotatable bonds is 6. The standard InChI is InChI=1S/C16H24N4S/c1-10(2)5-4-6-11(3)7-12-13(8-17)15(19)21-16(20)14(12)9-18/h10-13,19H,4-7,20H2,1-3H3/t11-,12-,13+/m0/s1. The van der Waals surface area contributed by atoms with Crippen LogP contribution in [0, 0.1) is 51.7 Å². The molecule has 4 nitrogen and oxygen atoms in total. The van der Waals surface area contributed by atoms with E-state index in [1.165, 1.54) is 6.42 Å². The first-order chi connectivity index (χ1) is 9.90. The van der Waals surface area contributed by atoms with Crippen LogP contribution in [0.3, 0.4) is 0 Å². The Labute approximate surface area is 131 Å². The van der Waals surface area contributed by atoms with Gasteiger partial charge in [0.25, 0.3) is 0 Å². The molecular formula is C16H24N4S. The number of nitrogens with two attached hydrogens (primary N) is 1. The van der Waals surface area contributed by atoms with Crippen LogP contribution in [-0.4, -0.2) is 5.04 Å². The van der Waals surface area contributed by atoms with Gasteiger partial charge in [-0.25, -0.2) is 0 Å². The van der Waals surface area contributed by atoms with E-state index in [2.05, 4.69) is 32.9 Å². The summed E-state index contributed by atoms with van der Waals surface area (Å²) in [6, 6.07) is 4.34. The average molecular weight is 304 g/mol. The Hall–Kier alpha value is -1.46. The highest BCUT2D eigenvalue weighted by Crippen LogP contribution is 2.40. The number of thioether (sulfide) groups is 1. The van der Waals surface area contributed by atoms with Crippen LogP contribution in [-0.2, 0) is 0 Å². The van der Waals surface area contributed by atoms with Crippen LogP contribution in [0.25, 0.3) is 0 Å². The van der Waals surface area contributed by atoms with Crippen molar-refractivity contribution < 1.29 is 0 Å². The largest absolute Gasteiger partial charge is 0.392 e. The van der Waals surface area contributed by atoms with Crippen LogP contribution in [0.15, 0.2) is 10.6 Å². The Balaban J connectivity index is 2.77. The second kappa shape index (κ2) is 8.10. The third kappa shape index (κ3) is 4.79. The van der Waals surface area contributed by atoms with Crippen molar-refractivity contribution in [2.75, 3.05) is 0 Å². The summed E-state index contributed by atoms with van der Waals surface area (Å²) in [4.78, 5) is 0. The maximum absolute atomic E-state index is 9.32. The van der Waals surface area contributed by atoms with Crippen molar-refractivity contribution in [2.24, 2.45) is 29.4 Å². The normalized spacial score (nSPS) is 23.8. The smallest absolute Gasteiger partial charge is 0.102 e. The topological polar surface area (TPSA) is 97.4 Å². The maximum atomic E-state index is 9.32. The average Bonchev–Trinajstić information content (AvgIpc) is 2.38. The molecule has 0 spiro atoms. The van der Waals surface area contributed by atoms with Gasteiger partial charge in [0.15, 0.2) is 0 Å². The first-order valence-corrected chi connectivity index (χ1v) is 8.28. The molecule has 114 valence electrons. The first kappa shape index (κ1) is 17.6. The van der Waals surface area contributed by atoms with Gasteiger partial charge in [0.2, 0.25) is 0 Å². The minimum absolute atomic E-state index is 0.220. The molecule has 3 atom stereocenters. The Bertz CT molecular complexity index is 495. The highest BCUT2D eigenvalue weighted by atomic mass is 32.2. The van der Waals surface area contributed by atoms with Crippen LogP contribution >= 0.6 is 11.8 Å². The lowest BCUT2D eigenvalue weighted by atomic mass is 9.79. The summed E-state index contributed by atoms with van der Waals surface area (Å²) in [5, 5.41) is 27.2. The zero-order valence-electron chi connectivity index (χ0n) is 13.0. The molecule has 0 unspecified atom stereocenters. The maximum Gasteiger partial charge on any atom is 0.102 e. The number of hydrogen-bond acceptors (Lipinski definition) is 5. The summed E-state index contributed by atoms with van der Waals surface area (Å²) in [6.45, 7) is 6.59. The van der Waals surface area contributed by atoms with Crippen molar-refractivity contribution in [1.29, 1.82) is 15.9 Å². The van der Waals surface area contributed by atoms with Crippen molar-refractivity contribution in [3.63, 3.8) is 0 Å². The minimum atomic E-state index is -0.524. The highest BCUT2D eigenvalue weighted by molar-refractivity contribution is 8.17. The Morgan fingerprint density at radius 3 is 2.48 bits per heavy atom. The molecule has 1 heterocycles. The van der Waals surface area contributed by atoms with E-state index in [1.54, 1.807) is 0 Å². The molecule has 0 radical (unpaired) electrons. The predicted octanol–water partition coefficient (Wildman–Crippen LogP) is 4.01. The third-order valence-electron chi connectivity index (χ3n) is 3.94. The molecule has 0 bridgehead atoms. The number of nitrogens with zero attached hydrogens (tertiary/aromatic N) is 2. The van der Waals surface area contributed by atoms with Gasteiger partial charge in [0, 0.05) is 5.92 Å². The van der Waals surface area contributed by atoms with Crippen LogP contribution < -0.4 is 5.73 Å². The van der Waals surface area contributed by atoms with Crippen LogP contribution in [0.1, 0.15) is 46.5 Å². The van der Waals surface area contributed by atoms with E-state index in [4.69, 9.17) is 11.1 Å². The molecule has 0 amide bonds. The summed E-state index contributed by atoms with van der Waals surface area (Å²) in [5.74, 6) is 0.387. The predicted molar refractivity (Wildman–Crippen MR) is 87.2 cm³/mol. The highest BCUT2D eigenvalue weighted by Gasteiger charge is 2.36. The molecule has 5 heteroatoms. The van der Waals surface area contributed by atoms with Gasteiger partial charge in [0.05, 0.1) is 27.8 Å². The zero-order chi connectivity index (χ0) is 16.0. The molecule has 1 rings (SSSR count). The summed E-state index contributed by atoms with van der Waals surface area (Å²) < 4.78 is 0. The number of nitrogens with one attached hydrogen (secondary N) is 1. The van der Waals surface area contributed by atoms with E-state index >= 15 is 0 Å². The van der Waals surface area contributed by atoms with Crippen LogP contribution in [0.4, 0.5) is 0 Å². The van der Waals surface area contributed by atoms with Gasteiger partial charge in [-0.3, -0.25) is 5.41 Å². The number of hydrogen-bond donors (Lipinski definition) is 2. The Kier molecular flexibility index (Phi) is 6.78. The first-order valence-electron chi connectivity index (χ1n) is 7.46. The van der Waals surface area contributed by atoms with Gasteiger partial charge in [-0.05, 0) is 18.3 Å². The third-order valence-corrected chi connectivity index (χ3v) is 4.85. The fourth-order valence-corrected chi connectivity index (χ4v) is 3.62. The number of nitriles is 2. The quantitative estimate of drug-likeness (QED) is 0.774. The van der Waals surface area contributed by atoms with Gasteiger partial charge in [-0.15, -0.1) is 0 Å². The summed E-state index contributed by atoms with van der Waals surface area (Å²) in [7, 11) is 0. The minimum Gasteiger partial charge on any atom is -0.392 e. The van der Waals surface area contributed by atoms with Crippen molar-refractivity contribution >= 4 is 16.8 Å². The van der Waals surface area contributed by atoms with Crippen LogP contribution in [0.2, 0.25) is 0 Å². The molecule has 0 aromatic rings.